The molecule has 3 heterocycles. The van der Waals surface area contributed by atoms with Crippen LogP contribution in [0.2, 0.25) is 0 Å². The molecule has 29 heavy (non-hydrogen) atoms. The first-order valence-electron chi connectivity index (χ1n) is 9.68. The second-order valence-electron chi connectivity index (χ2n) is 8.20. The number of hydrogen-bond acceptors (Lipinski definition) is 5. The largest absolute Gasteiger partial charge is 0.493 e. The third-order valence-electron chi connectivity index (χ3n) is 6.34. The summed E-state index contributed by atoms with van der Waals surface area (Å²) in [5, 5.41) is 20.2. The van der Waals surface area contributed by atoms with Crippen molar-refractivity contribution in [2.24, 2.45) is 5.92 Å². The fraction of sp³-hybridized carbons (Fsp3) is 0.304. The van der Waals surface area contributed by atoms with Crippen LogP contribution in [0, 0.1) is 17.2 Å². The number of aromatic amines is 1. The fourth-order valence-corrected chi connectivity index (χ4v) is 4.66. The van der Waals surface area contributed by atoms with E-state index in [1.54, 1.807) is 13.3 Å². The molecule has 2 N–H and O–H groups in total. The van der Waals surface area contributed by atoms with Crippen molar-refractivity contribution in [1.82, 2.24) is 10.2 Å². The fourth-order valence-electron chi connectivity index (χ4n) is 4.66. The van der Waals surface area contributed by atoms with Crippen molar-refractivity contribution in [3.63, 3.8) is 0 Å². The predicted molar refractivity (Wildman–Crippen MR) is 110 cm³/mol. The van der Waals surface area contributed by atoms with E-state index in [0.29, 0.717) is 12.2 Å². The van der Waals surface area contributed by atoms with E-state index in [1.165, 1.54) is 0 Å². The van der Waals surface area contributed by atoms with Gasteiger partial charge in [-0.2, -0.15) is 10.4 Å². The van der Waals surface area contributed by atoms with Crippen LogP contribution in [0.15, 0.2) is 42.6 Å². The molecule has 0 bridgehead atoms. The van der Waals surface area contributed by atoms with Gasteiger partial charge in [0.2, 0.25) is 0 Å². The Morgan fingerprint density at radius 1 is 1.24 bits per heavy atom. The topological polar surface area (TPSA) is 83.0 Å². The Balaban J connectivity index is 1.67. The molecule has 2 atom stereocenters. The summed E-state index contributed by atoms with van der Waals surface area (Å²) in [4.78, 5) is 0. The first-order chi connectivity index (χ1) is 14.0. The molecule has 5 rings (SSSR count). The minimum Gasteiger partial charge on any atom is -0.493 e. The van der Waals surface area contributed by atoms with Crippen LogP contribution in [0.25, 0.3) is 11.3 Å². The Morgan fingerprint density at radius 2 is 2.10 bits per heavy atom. The van der Waals surface area contributed by atoms with Crippen LogP contribution in [0.3, 0.4) is 0 Å². The number of nitriles is 1. The average molecular weight is 386 g/mol. The third-order valence-corrected chi connectivity index (χ3v) is 6.34. The molecule has 146 valence electrons. The minimum atomic E-state index is -0.160. The lowest BCUT2D eigenvalue weighted by molar-refractivity contribution is 0.131. The Labute approximate surface area is 169 Å². The number of aromatic nitrogens is 2. The molecular formula is C23H22N4O2. The number of fused-ring (bicyclic) bond motifs is 4. The minimum absolute atomic E-state index is 0.0750. The SMILES string of the molecule is COc1cc(-c2ccn[nH]2)cc2c1OC[C@H]1[C@@H]2Nc2ccc(C#N)cc2C1(C)C. The quantitative estimate of drug-likeness (QED) is 0.682. The highest BCUT2D eigenvalue weighted by Gasteiger charge is 2.47. The highest BCUT2D eigenvalue weighted by Crippen LogP contribution is 2.54. The lowest BCUT2D eigenvalue weighted by atomic mass is 9.65. The third kappa shape index (κ3) is 2.58. The standard InChI is InChI=1S/C23H22N4O2/c1-23(2)16-8-13(11-24)4-5-19(16)26-21-15-9-14(18-6-7-25-27-18)10-20(28-3)22(15)29-12-17(21)23/h4-10,17,21,26H,12H2,1-3H3,(H,25,27)/t17-,21+/m0/s1. The van der Waals surface area contributed by atoms with Crippen LogP contribution in [0.4, 0.5) is 5.69 Å². The highest BCUT2D eigenvalue weighted by atomic mass is 16.5. The molecule has 0 amide bonds. The van der Waals surface area contributed by atoms with E-state index in [0.717, 1.165) is 39.6 Å². The normalized spacial score (nSPS) is 20.9. The zero-order valence-electron chi connectivity index (χ0n) is 16.6. The molecule has 6 heteroatoms. The van der Waals surface area contributed by atoms with E-state index in [2.05, 4.69) is 41.5 Å². The predicted octanol–water partition coefficient (Wildman–Crippen LogP) is 4.41. The molecule has 2 aromatic carbocycles. The van der Waals surface area contributed by atoms with Crippen molar-refractivity contribution in [3.05, 3.63) is 59.3 Å². The molecule has 0 saturated heterocycles. The molecule has 0 spiro atoms. The number of benzene rings is 2. The molecular weight excluding hydrogens is 364 g/mol. The smallest absolute Gasteiger partial charge is 0.166 e. The van der Waals surface area contributed by atoms with Gasteiger partial charge in [-0.05, 0) is 42.0 Å². The maximum absolute atomic E-state index is 9.33. The molecule has 0 unspecified atom stereocenters. The number of ether oxygens (including phenoxy) is 2. The second kappa shape index (κ2) is 6.28. The van der Waals surface area contributed by atoms with Gasteiger partial charge in [0.25, 0.3) is 0 Å². The molecule has 0 aliphatic carbocycles. The monoisotopic (exact) mass is 386 g/mol. The summed E-state index contributed by atoms with van der Waals surface area (Å²) in [5.41, 5.74) is 5.75. The summed E-state index contributed by atoms with van der Waals surface area (Å²) < 4.78 is 11.9. The van der Waals surface area contributed by atoms with E-state index >= 15 is 0 Å². The van der Waals surface area contributed by atoms with Crippen molar-refractivity contribution in [3.8, 4) is 28.8 Å². The van der Waals surface area contributed by atoms with E-state index in [4.69, 9.17) is 9.47 Å². The molecule has 0 radical (unpaired) electrons. The molecule has 2 aliphatic rings. The van der Waals surface area contributed by atoms with Crippen LogP contribution < -0.4 is 14.8 Å². The van der Waals surface area contributed by atoms with E-state index in [1.807, 2.05) is 30.3 Å². The van der Waals surface area contributed by atoms with Crippen molar-refractivity contribution < 1.29 is 9.47 Å². The number of nitrogens with one attached hydrogen (secondary N) is 2. The van der Waals surface area contributed by atoms with Gasteiger partial charge in [-0.15, -0.1) is 0 Å². The molecule has 6 nitrogen and oxygen atoms in total. The lowest BCUT2D eigenvalue weighted by Crippen LogP contribution is -2.46. The molecule has 0 saturated carbocycles. The highest BCUT2D eigenvalue weighted by molar-refractivity contribution is 5.70. The summed E-state index contributed by atoms with van der Waals surface area (Å²) in [6.45, 7) is 5.04. The maximum atomic E-state index is 9.33. The van der Waals surface area contributed by atoms with Gasteiger partial charge < -0.3 is 14.8 Å². The van der Waals surface area contributed by atoms with Crippen molar-refractivity contribution in [1.29, 1.82) is 5.26 Å². The van der Waals surface area contributed by atoms with E-state index < -0.39 is 0 Å². The average Bonchev–Trinajstić information content (AvgIpc) is 3.27. The number of rotatable bonds is 2. The number of methoxy groups -OCH3 is 1. The maximum Gasteiger partial charge on any atom is 0.166 e. The number of nitrogens with zero attached hydrogens (tertiary/aromatic N) is 2. The van der Waals surface area contributed by atoms with Crippen LogP contribution in [0.1, 0.15) is 36.6 Å². The van der Waals surface area contributed by atoms with Crippen LogP contribution in [-0.4, -0.2) is 23.9 Å². The number of hydrogen-bond donors (Lipinski definition) is 2. The first kappa shape index (κ1) is 17.6. The number of H-pyrrole nitrogens is 1. The van der Waals surface area contributed by atoms with Crippen molar-refractivity contribution in [2.75, 3.05) is 19.0 Å². The van der Waals surface area contributed by atoms with Crippen molar-refractivity contribution in [2.45, 2.75) is 25.3 Å². The van der Waals surface area contributed by atoms with Gasteiger partial charge in [-0.25, -0.2) is 0 Å². The molecule has 3 aromatic rings. The van der Waals surface area contributed by atoms with E-state index in [-0.39, 0.29) is 17.4 Å². The van der Waals surface area contributed by atoms with Gasteiger partial charge >= 0.3 is 0 Å². The summed E-state index contributed by atoms with van der Waals surface area (Å²) in [6, 6.07) is 14.3. The number of anilines is 1. The van der Waals surface area contributed by atoms with Crippen LogP contribution >= 0.6 is 0 Å². The van der Waals surface area contributed by atoms with Gasteiger partial charge in [0.05, 0.1) is 37.1 Å². The summed E-state index contributed by atoms with van der Waals surface area (Å²) in [6.07, 6.45) is 1.74. The Morgan fingerprint density at radius 3 is 2.83 bits per heavy atom. The summed E-state index contributed by atoms with van der Waals surface area (Å²) in [5.74, 6) is 1.71. The second-order valence-corrected chi connectivity index (χ2v) is 8.20. The zero-order chi connectivity index (χ0) is 20.2. The van der Waals surface area contributed by atoms with Gasteiger partial charge in [-0.1, -0.05) is 13.8 Å². The van der Waals surface area contributed by atoms with E-state index in [9.17, 15) is 5.26 Å². The first-order valence-corrected chi connectivity index (χ1v) is 9.68. The van der Waals surface area contributed by atoms with Gasteiger partial charge in [0.15, 0.2) is 11.5 Å². The molecule has 1 aromatic heterocycles. The Hall–Kier alpha value is -3.46. The van der Waals surface area contributed by atoms with Gasteiger partial charge in [0, 0.05) is 34.3 Å². The van der Waals surface area contributed by atoms with Gasteiger partial charge in [0.1, 0.15) is 0 Å². The van der Waals surface area contributed by atoms with Gasteiger partial charge in [-0.3, -0.25) is 5.10 Å². The summed E-state index contributed by atoms with van der Waals surface area (Å²) in [7, 11) is 1.67. The summed E-state index contributed by atoms with van der Waals surface area (Å²) >= 11 is 0. The van der Waals surface area contributed by atoms with Crippen LogP contribution in [-0.2, 0) is 5.41 Å². The van der Waals surface area contributed by atoms with Crippen molar-refractivity contribution >= 4 is 5.69 Å². The molecule has 2 aliphatic heterocycles. The zero-order valence-corrected chi connectivity index (χ0v) is 16.6. The Kier molecular flexibility index (Phi) is 3.82. The Bertz CT molecular complexity index is 1130. The molecule has 0 fully saturated rings. The van der Waals surface area contributed by atoms with Crippen LogP contribution in [0.5, 0.6) is 11.5 Å². The lowest BCUT2D eigenvalue weighted by Gasteiger charge is -2.48.